The number of amides is 1. The molecule has 0 heterocycles. The molecule has 8 heteroatoms. The lowest BCUT2D eigenvalue weighted by Crippen LogP contribution is -2.34. The van der Waals surface area contributed by atoms with Gasteiger partial charge in [0.15, 0.2) is 0 Å². The molecule has 106 valence electrons. The van der Waals surface area contributed by atoms with E-state index >= 15 is 0 Å². The molecule has 0 bridgehead atoms. The van der Waals surface area contributed by atoms with Crippen LogP contribution in [-0.4, -0.2) is 28.1 Å². The Morgan fingerprint density at radius 1 is 1.37 bits per heavy atom. The molecule has 2 unspecified atom stereocenters. The van der Waals surface area contributed by atoms with Gasteiger partial charge in [0.25, 0.3) is 0 Å². The number of ether oxygens (including phenoxy) is 1. The molecule has 0 aliphatic carbocycles. The highest BCUT2D eigenvalue weighted by molar-refractivity contribution is 7.46. The first-order chi connectivity index (χ1) is 8.78. The Morgan fingerprint density at radius 2 is 1.95 bits per heavy atom. The minimum atomic E-state index is -4.66. The van der Waals surface area contributed by atoms with Gasteiger partial charge in [-0.15, -0.1) is 0 Å². The first-order valence-corrected chi connectivity index (χ1v) is 7.05. The normalized spacial score (nSPS) is 14.7. The smallest absolute Gasteiger partial charge is 0.443 e. The monoisotopic (exact) mass is 289 g/mol. The number of hydrogen-bond acceptors (Lipinski definition) is 4. The Hall–Kier alpha value is -1.40. The van der Waals surface area contributed by atoms with Crippen molar-refractivity contribution < 1.29 is 28.4 Å². The van der Waals surface area contributed by atoms with Crippen LogP contribution in [0.25, 0.3) is 0 Å². The summed E-state index contributed by atoms with van der Waals surface area (Å²) in [6.07, 6.45) is -2.66. The van der Waals surface area contributed by atoms with Gasteiger partial charge < -0.3 is 20.3 Å². The van der Waals surface area contributed by atoms with Crippen molar-refractivity contribution in [3.8, 4) is 0 Å². The number of carbonyl (C=O) groups is 1. The highest BCUT2D eigenvalue weighted by Gasteiger charge is 2.28. The van der Waals surface area contributed by atoms with Crippen LogP contribution in [0.3, 0.4) is 0 Å². The molecule has 1 aromatic carbocycles. The summed E-state index contributed by atoms with van der Waals surface area (Å²) in [7, 11) is -4.66. The van der Waals surface area contributed by atoms with E-state index in [2.05, 4.69) is 4.52 Å². The molecule has 0 saturated heterocycles. The van der Waals surface area contributed by atoms with Gasteiger partial charge in [0.1, 0.15) is 12.2 Å². The summed E-state index contributed by atoms with van der Waals surface area (Å²) in [5, 5.41) is 0. The summed E-state index contributed by atoms with van der Waals surface area (Å²) in [6.45, 7) is 1.40. The van der Waals surface area contributed by atoms with Crippen LogP contribution in [0.2, 0.25) is 0 Å². The lowest BCUT2D eigenvalue weighted by atomic mass is 10.0. The standard InChI is InChI=1S/C11H16NO6P/c1-8(18-19(14,15)16)10(17-11(12)13)7-9-5-3-2-4-6-9/h2-6,8,10H,7H2,1H3,(H2,12,13)(H2,14,15,16). The largest absolute Gasteiger partial charge is 0.469 e. The maximum Gasteiger partial charge on any atom is 0.469 e. The minimum absolute atomic E-state index is 0.241. The fourth-order valence-electron chi connectivity index (χ4n) is 1.58. The van der Waals surface area contributed by atoms with Crippen molar-refractivity contribution in [1.82, 2.24) is 0 Å². The van der Waals surface area contributed by atoms with Crippen molar-refractivity contribution in [1.29, 1.82) is 0 Å². The van der Waals surface area contributed by atoms with Crippen LogP contribution in [0, 0.1) is 0 Å². The molecular formula is C11H16NO6P. The maximum absolute atomic E-state index is 10.8. The number of benzene rings is 1. The van der Waals surface area contributed by atoms with Crippen molar-refractivity contribution in [3.05, 3.63) is 35.9 Å². The van der Waals surface area contributed by atoms with Crippen LogP contribution in [-0.2, 0) is 20.2 Å². The van der Waals surface area contributed by atoms with E-state index in [1.54, 1.807) is 24.3 Å². The summed E-state index contributed by atoms with van der Waals surface area (Å²) in [5.74, 6) is 0. The van der Waals surface area contributed by atoms with E-state index < -0.39 is 26.1 Å². The first kappa shape index (κ1) is 15.7. The zero-order valence-electron chi connectivity index (χ0n) is 10.3. The molecule has 1 rings (SSSR count). The summed E-state index contributed by atoms with van der Waals surface area (Å²) >= 11 is 0. The summed E-state index contributed by atoms with van der Waals surface area (Å²) in [4.78, 5) is 28.3. The lowest BCUT2D eigenvalue weighted by molar-refractivity contribution is 0.0143. The molecule has 0 spiro atoms. The van der Waals surface area contributed by atoms with Gasteiger partial charge in [0, 0.05) is 6.42 Å². The van der Waals surface area contributed by atoms with E-state index in [0.29, 0.717) is 0 Å². The lowest BCUT2D eigenvalue weighted by Gasteiger charge is -2.23. The molecule has 1 aromatic rings. The van der Waals surface area contributed by atoms with Gasteiger partial charge in [-0.1, -0.05) is 30.3 Å². The Morgan fingerprint density at radius 3 is 2.42 bits per heavy atom. The van der Waals surface area contributed by atoms with Gasteiger partial charge in [-0.05, 0) is 12.5 Å². The zero-order valence-corrected chi connectivity index (χ0v) is 11.2. The average molecular weight is 289 g/mol. The van der Waals surface area contributed by atoms with Crippen LogP contribution in [0.1, 0.15) is 12.5 Å². The van der Waals surface area contributed by atoms with Crippen molar-refractivity contribution >= 4 is 13.9 Å². The van der Waals surface area contributed by atoms with Crippen LogP contribution in [0.5, 0.6) is 0 Å². The fourth-order valence-corrected chi connectivity index (χ4v) is 2.15. The molecular weight excluding hydrogens is 273 g/mol. The van der Waals surface area contributed by atoms with Gasteiger partial charge in [0.2, 0.25) is 0 Å². The number of rotatable bonds is 6. The molecule has 1 amide bonds. The summed E-state index contributed by atoms with van der Waals surface area (Å²) < 4.78 is 20.1. The molecule has 4 N–H and O–H groups in total. The molecule has 0 aromatic heterocycles. The molecule has 2 atom stereocenters. The Bertz CT molecular complexity index is 460. The second kappa shape index (κ2) is 6.68. The van der Waals surface area contributed by atoms with Crippen LogP contribution >= 0.6 is 7.82 Å². The predicted octanol–water partition coefficient (Wildman–Crippen LogP) is 1.19. The van der Waals surface area contributed by atoms with Crippen molar-refractivity contribution in [3.63, 3.8) is 0 Å². The van der Waals surface area contributed by atoms with E-state index in [1.807, 2.05) is 6.07 Å². The zero-order chi connectivity index (χ0) is 14.5. The molecule has 0 radical (unpaired) electrons. The molecule has 0 aliphatic rings. The minimum Gasteiger partial charge on any atom is -0.443 e. The second-order valence-electron chi connectivity index (χ2n) is 3.97. The van der Waals surface area contributed by atoms with Crippen molar-refractivity contribution in [2.45, 2.75) is 25.6 Å². The van der Waals surface area contributed by atoms with Crippen LogP contribution < -0.4 is 5.73 Å². The number of hydrogen-bond donors (Lipinski definition) is 3. The number of carbonyl (C=O) groups excluding carboxylic acids is 1. The Labute approximate surface area is 110 Å². The number of phosphoric ester groups is 1. The SMILES string of the molecule is CC(OP(=O)(O)O)C(Cc1ccccc1)OC(N)=O. The Balaban J connectivity index is 2.77. The average Bonchev–Trinajstić information content (AvgIpc) is 2.26. The molecule has 0 saturated carbocycles. The van der Waals surface area contributed by atoms with Crippen molar-refractivity contribution in [2.24, 2.45) is 5.73 Å². The molecule has 7 nitrogen and oxygen atoms in total. The fraction of sp³-hybridized carbons (Fsp3) is 0.364. The topological polar surface area (TPSA) is 119 Å². The first-order valence-electron chi connectivity index (χ1n) is 5.52. The third kappa shape index (κ3) is 6.35. The third-order valence-electron chi connectivity index (χ3n) is 2.37. The van der Waals surface area contributed by atoms with Gasteiger partial charge in [0.05, 0.1) is 0 Å². The van der Waals surface area contributed by atoms with Crippen LogP contribution in [0.4, 0.5) is 4.79 Å². The number of nitrogens with two attached hydrogens (primary N) is 1. The van der Waals surface area contributed by atoms with E-state index in [9.17, 15) is 9.36 Å². The van der Waals surface area contributed by atoms with E-state index in [-0.39, 0.29) is 6.42 Å². The second-order valence-corrected chi connectivity index (χ2v) is 5.16. The van der Waals surface area contributed by atoms with Crippen LogP contribution in [0.15, 0.2) is 30.3 Å². The highest BCUT2D eigenvalue weighted by Crippen LogP contribution is 2.38. The van der Waals surface area contributed by atoms with Gasteiger partial charge in [-0.3, -0.25) is 4.52 Å². The quantitative estimate of drug-likeness (QED) is 0.677. The van der Waals surface area contributed by atoms with E-state index in [0.717, 1.165) is 5.56 Å². The molecule has 0 aliphatic heterocycles. The molecule has 19 heavy (non-hydrogen) atoms. The van der Waals surface area contributed by atoms with Crippen molar-refractivity contribution in [2.75, 3.05) is 0 Å². The van der Waals surface area contributed by atoms with Gasteiger partial charge >= 0.3 is 13.9 Å². The Kier molecular flexibility index (Phi) is 5.50. The van der Waals surface area contributed by atoms with Gasteiger partial charge in [-0.2, -0.15) is 0 Å². The number of primary amides is 1. The highest BCUT2D eigenvalue weighted by atomic mass is 31.2. The third-order valence-corrected chi connectivity index (χ3v) is 2.98. The van der Waals surface area contributed by atoms with Gasteiger partial charge in [-0.25, -0.2) is 9.36 Å². The van der Waals surface area contributed by atoms with E-state index in [4.69, 9.17) is 20.3 Å². The summed E-state index contributed by atoms with van der Waals surface area (Å²) in [6, 6.07) is 9.00. The molecule has 0 fully saturated rings. The predicted molar refractivity (Wildman–Crippen MR) is 67.2 cm³/mol. The maximum atomic E-state index is 10.8. The summed E-state index contributed by atoms with van der Waals surface area (Å²) in [5.41, 5.74) is 5.77. The number of phosphoric acid groups is 1. The van der Waals surface area contributed by atoms with E-state index in [1.165, 1.54) is 6.92 Å².